The van der Waals surface area contributed by atoms with E-state index in [9.17, 15) is 0 Å². The van der Waals surface area contributed by atoms with E-state index in [0.717, 1.165) is 36.8 Å². The number of aliphatic imine (C=N–C) groups is 1. The summed E-state index contributed by atoms with van der Waals surface area (Å²) in [4.78, 5) is 6.77. The van der Waals surface area contributed by atoms with Crippen LogP contribution in [-0.2, 0) is 11.3 Å². The quantitative estimate of drug-likeness (QED) is 0.235. The highest BCUT2D eigenvalue weighted by molar-refractivity contribution is 14.0. The number of methoxy groups -OCH3 is 1. The maximum Gasteiger partial charge on any atom is 0.191 e. The van der Waals surface area contributed by atoms with Crippen LogP contribution in [0.3, 0.4) is 0 Å². The monoisotopic (exact) mass is 504 g/mol. The average molecular weight is 504 g/mol. The Hall–Kier alpha value is -1.06. The number of hydrogen-bond donors (Lipinski definition) is 2. The molecular weight excluding hydrogens is 467 g/mol. The van der Waals surface area contributed by atoms with E-state index in [1.807, 2.05) is 7.05 Å². The molecule has 1 aliphatic heterocycles. The molecule has 2 rings (SSSR count). The smallest absolute Gasteiger partial charge is 0.191 e. The summed E-state index contributed by atoms with van der Waals surface area (Å²) >= 11 is 0. The molecule has 1 fully saturated rings. The van der Waals surface area contributed by atoms with Gasteiger partial charge < -0.3 is 25.0 Å². The molecule has 1 unspecified atom stereocenters. The minimum Gasteiger partial charge on any atom is -0.493 e. The van der Waals surface area contributed by atoms with Crippen molar-refractivity contribution in [1.29, 1.82) is 0 Å². The first-order valence-corrected chi connectivity index (χ1v) is 9.96. The van der Waals surface area contributed by atoms with Gasteiger partial charge in [-0.3, -0.25) is 4.99 Å². The Kier molecular flexibility index (Phi) is 12.5. The van der Waals surface area contributed by atoms with Crippen molar-refractivity contribution in [3.05, 3.63) is 29.3 Å². The molecule has 0 aromatic heterocycles. The van der Waals surface area contributed by atoms with Gasteiger partial charge in [-0.1, -0.05) is 12.1 Å². The van der Waals surface area contributed by atoms with Crippen LogP contribution < -0.4 is 15.4 Å². The van der Waals surface area contributed by atoms with E-state index in [1.54, 1.807) is 7.11 Å². The summed E-state index contributed by atoms with van der Waals surface area (Å²) in [6.07, 6.45) is 3.45. The number of nitrogens with zero attached hydrogens (tertiary/aromatic N) is 2. The fourth-order valence-corrected chi connectivity index (χ4v) is 3.41. The predicted octanol–water partition coefficient (Wildman–Crippen LogP) is 3.04. The van der Waals surface area contributed by atoms with Gasteiger partial charge in [0, 0.05) is 52.4 Å². The van der Waals surface area contributed by atoms with Crippen LogP contribution >= 0.6 is 24.0 Å². The van der Waals surface area contributed by atoms with E-state index >= 15 is 0 Å². The molecule has 0 spiro atoms. The van der Waals surface area contributed by atoms with Crippen LogP contribution in [0.25, 0.3) is 0 Å². The molecule has 28 heavy (non-hydrogen) atoms. The molecular formula is C21H37IN4O2. The molecule has 1 saturated heterocycles. The van der Waals surface area contributed by atoms with E-state index < -0.39 is 0 Å². The molecule has 0 bridgehead atoms. The summed E-state index contributed by atoms with van der Waals surface area (Å²) in [5, 5.41) is 6.89. The van der Waals surface area contributed by atoms with Crippen LogP contribution in [-0.4, -0.2) is 64.9 Å². The number of guanidine groups is 1. The first kappa shape index (κ1) is 25.0. The predicted molar refractivity (Wildman–Crippen MR) is 127 cm³/mol. The van der Waals surface area contributed by atoms with Crippen LogP contribution in [0.1, 0.15) is 30.4 Å². The van der Waals surface area contributed by atoms with Crippen LogP contribution in [0.2, 0.25) is 0 Å². The lowest BCUT2D eigenvalue weighted by Crippen LogP contribution is -2.43. The number of halogens is 1. The molecule has 1 atom stereocenters. The molecule has 160 valence electrons. The Balaban J connectivity index is 0.00000392. The highest BCUT2D eigenvalue weighted by atomic mass is 127. The molecule has 1 aromatic rings. The van der Waals surface area contributed by atoms with Gasteiger partial charge >= 0.3 is 0 Å². The van der Waals surface area contributed by atoms with E-state index in [1.165, 1.54) is 24.9 Å². The number of hydrogen-bond acceptors (Lipinski definition) is 4. The molecule has 1 aliphatic rings. The van der Waals surface area contributed by atoms with Crippen molar-refractivity contribution < 1.29 is 9.47 Å². The average Bonchev–Trinajstić information content (AvgIpc) is 2.66. The summed E-state index contributed by atoms with van der Waals surface area (Å²) in [6, 6.07) is 6.34. The molecule has 1 aromatic carbocycles. The largest absolute Gasteiger partial charge is 0.493 e. The van der Waals surface area contributed by atoms with Gasteiger partial charge in [-0.15, -0.1) is 24.0 Å². The van der Waals surface area contributed by atoms with Gasteiger partial charge in [0.05, 0.1) is 6.61 Å². The summed E-state index contributed by atoms with van der Waals surface area (Å²) in [5.41, 5.74) is 2.34. The van der Waals surface area contributed by atoms with Crippen molar-refractivity contribution in [2.75, 3.05) is 54.1 Å². The lowest BCUT2D eigenvalue weighted by atomic mass is 9.99. The van der Waals surface area contributed by atoms with Gasteiger partial charge in [-0.05, 0) is 50.9 Å². The minimum atomic E-state index is 0. The SMILES string of the molecule is CN=C(NCc1ccc(C)cc1OCCCOC)NCC1CCCN(C)C1.I. The Morgan fingerprint density at radius 3 is 2.82 bits per heavy atom. The van der Waals surface area contributed by atoms with Crippen molar-refractivity contribution in [3.8, 4) is 5.75 Å². The fourth-order valence-electron chi connectivity index (χ4n) is 3.41. The van der Waals surface area contributed by atoms with Crippen molar-refractivity contribution in [2.24, 2.45) is 10.9 Å². The summed E-state index contributed by atoms with van der Waals surface area (Å²) in [5.74, 6) is 2.46. The first-order valence-electron chi connectivity index (χ1n) is 9.96. The summed E-state index contributed by atoms with van der Waals surface area (Å²) < 4.78 is 11.1. The third-order valence-corrected chi connectivity index (χ3v) is 4.92. The normalized spacial score (nSPS) is 17.7. The van der Waals surface area contributed by atoms with Gasteiger partial charge in [0.25, 0.3) is 0 Å². The topological polar surface area (TPSA) is 58.1 Å². The van der Waals surface area contributed by atoms with E-state index in [2.05, 4.69) is 52.7 Å². The third-order valence-electron chi connectivity index (χ3n) is 4.92. The van der Waals surface area contributed by atoms with E-state index in [-0.39, 0.29) is 24.0 Å². The maximum atomic E-state index is 5.97. The highest BCUT2D eigenvalue weighted by Gasteiger charge is 2.17. The van der Waals surface area contributed by atoms with Gasteiger partial charge in [0.15, 0.2) is 5.96 Å². The summed E-state index contributed by atoms with van der Waals surface area (Å²) in [6.45, 7) is 7.47. The van der Waals surface area contributed by atoms with Crippen LogP contribution in [0.5, 0.6) is 5.75 Å². The number of likely N-dealkylation sites (tertiary alicyclic amines) is 1. The molecule has 0 aliphatic carbocycles. The van der Waals surface area contributed by atoms with Crippen molar-refractivity contribution in [1.82, 2.24) is 15.5 Å². The Morgan fingerprint density at radius 2 is 2.11 bits per heavy atom. The number of ether oxygens (including phenoxy) is 2. The Labute approximate surface area is 187 Å². The molecule has 1 heterocycles. The fraction of sp³-hybridized carbons (Fsp3) is 0.667. The third kappa shape index (κ3) is 8.96. The standard InChI is InChI=1S/C21H36N4O2.HI/c1-17-8-9-19(20(13-17)27-12-6-11-26-4)15-24-21(22-2)23-14-18-7-5-10-25(3)16-18;/h8-9,13,18H,5-7,10-12,14-16H2,1-4H3,(H2,22,23,24);1H. The lowest BCUT2D eigenvalue weighted by Gasteiger charge is -2.30. The second-order valence-electron chi connectivity index (χ2n) is 7.38. The molecule has 2 N–H and O–H groups in total. The summed E-state index contributed by atoms with van der Waals surface area (Å²) in [7, 11) is 5.73. The zero-order chi connectivity index (χ0) is 19.5. The second-order valence-corrected chi connectivity index (χ2v) is 7.38. The van der Waals surface area contributed by atoms with Crippen LogP contribution in [0.15, 0.2) is 23.2 Å². The lowest BCUT2D eigenvalue weighted by molar-refractivity contribution is 0.171. The van der Waals surface area contributed by atoms with Crippen LogP contribution in [0.4, 0.5) is 0 Å². The highest BCUT2D eigenvalue weighted by Crippen LogP contribution is 2.20. The van der Waals surface area contributed by atoms with Crippen molar-refractivity contribution in [2.45, 2.75) is 32.7 Å². The Morgan fingerprint density at radius 1 is 1.29 bits per heavy atom. The Bertz CT molecular complexity index is 598. The van der Waals surface area contributed by atoms with Gasteiger partial charge in [-0.25, -0.2) is 0 Å². The van der Waals surface area contributed by atoms with Crippen LogP contribution in [0, 0.1) is 12.8 Å². The zero-order valence-corrected chi connectivity index (χ0v) is 20.1. The molecule has 0 amide bonds. The van der Waals surface area contributed by atoms with Crippen molar-refractivity contribution >= 4 is 29.9 Å². The molecule has 0 radical (unpaired) electrons. The van der Waals surface area contributed by atoms with Gasteiger partial charge in [0.2, 0.25) is 0 Å². The number of benzene rings is 1. The van der Waals surface area contributed by atoms with Crippen molar-refractivity contribution in [3.63, 3.8) is 0 Å². The zero-order valence-electron chi connectivity index (χ0n) is 17.8. The number of rotatable bonds is 9. The molecule has 0 saturated carbocycles. The van der Waals surface area contributed by atoms with E-state index in [4.69, 9.17) is 9.47 Å². The van der Waals surface area contributed by atoms with E-state index in [0.29, 0.717) is 25.7 Å². The van der Waals surface area contributed by atoms with Gasteiger partial charge in [0.1, 0.15) is 5.75 Å². The second kappa shape index (κ2) is 14.0. The minimum absolute atomic E-state index is 0. The first-order chi connectivity index (χ1) is 13.1. The van der Waals surface area contributed by atoms with Gasteiger partial charge in [-0.2, -0.15) is 0 Å². The number of piperidine rings is 1. The number of nitrogens with one attached hydrogen (secondary N) is 2. The molecule has 7 heteroatoms. The maximum absolute atomic E-state index is 5.97. The molecule has 6 nitrogen and oxygen atoms in total. The number of aryl methyl sites for hydroxylation is 1.